The van der Waals surface area contributed by atoms with E-state index in [0.29, 0.717) is 5.41 Å². The molecular weight excluding hydrogens is 220 g/mol. The molecule has 98 valence electrons. The van der Waals surface area contributed by atoms with Gasteiger partial charge in [-0.25, -0.2) is 0 Å². The van der Waals surface area contributed by atoms with Crippen LogP contribution in [0.15, 0.2) is 30.3 Å². The highest BCUT2D eigenvalue weighted by atomic mass is 16.5. The molecule has 0 amide bonds. The summed E-state index contributed by atoms with van der Waals surface area (Å²) in [6.07, 6.45) is 6.15. The van der Waals surface area contributed by atoms with Crippen LogP contribution in [-0.4, -0.2) is 7.11 Å². The molecule has 1 heteroatoms. The standard InChI is InChI=1S/C17H24O/c1-17(2,3)15-9-5-13(6-10-15)14-7-11-16(18-4)12-8-14/h5,7-8,11-12,15H,6,9-10H2,1-4H3/t15-/m1/s1. The van der Waals surface area contributed by atoms with Crippen molar-refractivity contribution in [3.63, 3.8) is 0 Å². The number of benzene rings is 1. The SMILES string of the molecule is COc1ccc(C2=CC[C@@H](C(C)(C)C)CC2)cc1. The summed E-state index contributed by atoms with van der Waals surface area (Å²) in [5.74, 6) is 1.75. The average molecular weight is 244 g/mol. The molecule has 0 saturated heterocycles. The summed E-state index contributed by atoms with van der Waals surface area (Å²) in [6, 6.07) is 8.43. The van der Waals surface area contributed by atoms with Gasteiger partial charge < -0.3 is 4.74 Å². The molecule has 1 aliphatic carbocycles. The fraction of sp³-hybridized carbons (Fsp3) is 0.529. The third-order valence-electron chi connectivity index (χ3n) is 4.10. The highest BCUT2D eigenvalue weighted by Crippen LogP contribution is 2.39. The third kappa shape index (κ3) is 2.95. The van der Waals surface area contributed by atoms with Crippen LogP contribution in [0.4, 0.5) is 0 Å². The zero-order valence-corrected chi connectivity index (χ0v) is 12.0. The van der Waals surface area contributed by atoms with Gasteiger partial charge in [-0.2, -0.15) is 0 Å². The van der Waals surface area contributed by atoms with Gasteiger partial charge >= 0.3 is 0 Å². The zero-order chi connectivity index (χ0) is 13.2. The number of allylic oxidation sites excluding steroid dienone is 2. The van der Waals surface area contributed by atoms with E-state index in [1.165, 1.54) is 30.4 Å². The lowest BCUT2D eigenvalue weighted by molar-refractivity contribution is 0.225. The minimum atomic E-state index is 0.432. The Kier molecular flexibility index (Phi) is 3.79. The topological polar surface area (TPSA) is 9.23 Å². The van der Waals surface area contributed by atoms with Crippen LogP contribution >= 0.6 is 0 Å². The number of hydrogen-bond donors (Lipinski definition) is 0. The first-order valence-corrected chi connectivity index (χ1v) is 6.84. The fourth-order valence-corrected chi connectivity index (χ4v) is 2.69. The number of ether oxygens (including phenoxy) is 1. The van der Waals surface area contributed by atoms with Crippen molar-refractivity contribution in [1.29, 1.82) is 0 Å². The second-order valence-electron chi connectivity index (χ2n) is 6.30. The van der Waals surface area contributed by atoms with Gasteiger partial charge in [-0.3, -0.25) is 0 Å². The van der Waals surface area contributed by atoms with Gasteiger partial charge in [-0.1, -0.05) is 39.0 Å². The highest BCUT2D eigenvalue weighted by Gasteiger charge is 2.26. The van der Waals surface area contributed by atoms with Crippen molar-refractivity contribution in [3.8, 4) is 5.75 Å². The Balaban J connectivity index is 2.09. The lowest BCUT2D eigenvalue weighted by atomic mass is 9.72. The molecule has 0 fully saturated rings. The molecule has 18 heavy (non-hydrogen) atoms. The molecule has 0 saturated carbocycles. The summed E-state index contributed by atoms with van der Waals surface area (Å²) in [6.45, 7) is 7.05. The van der Waals surface area contributed by atoms with Crippen molar-refractivity contribution in [1.82, 2.24) is 0 Å². The molecule has 0 radical (unpaired) electrons. The molecule has 0 aliphatic heterocycles. The van der Waals surface area contributed by atoms with Gasteiger partial charge in [-0.05, 0) is 53.9 Å². The Morgan fingerprint density at radius 2 is 1.78 bits per heavy atom. The monoisotopic (exact) mass is 244 g/mol. The van der Waals surface area contributed by atoms with E-state index >= 15 is 0 Å². The molecule has 0 heterocycles. The maximum Gasteiger partial charge on any atom is 0.118 e. The first kappa shape index (κ1) is 13.2. The maximum atomic E-state index is 5.20. The van der Waals surface area contributed by atoms with Crippen LogP contribution in [0.1, 0.15) is 45.6 Å². The van der Waals surface area contributed by atoms with E-state index < -0.39 is 0 Å². The molecule has 2 rings (SSSR count). The summed E-state index contributed by atoms with van der Waals surface area (Å²) in [5.41, 5.74) is 3.28. The molecular formula is C17H24O. The first-order valence-electron chi connectivity index (χ1n) is 6.84. The predicted octanol–water partition coefficient (Wildman–Crippen LogP) is 4.92. The van der Waals surface area contributed by atoms with E-state index in [1.54, 1.807) is 7.11 Å². The molecule has 1 nitrogen and oxygen atoms in total. The highest BCUT2D eigenvalue weighted by molar-refractivity contribution is 5.66. The predicted molar refractivity (Wildman–Crippen MR) is 77.8 cm³/mol. The van der Waals surface area contributed by atoms with E-state index in [2.05, 4.69) is 39.0 Å². The van der Waals surface area contributed by atoms with Crippen molar-refractivity contribution in [3.05, 3.63) is 35.9 Å². The molecule has 1 aliphatic rings. The normalized spacial score (nSPS) is 20.4. The van der Waals surface area contributed by atoms with Gasteiger partial charge in [-0.15, -0.1) is 0 Å². The van der Waals surface area contributed by atoms with Gasteiger partial charge in [0.05, 0.1) is 7.11 Å². The first-order chi connectivity index (χ1) is 8.50. The molecule has 0 aromatic heterocycles. The number of methoxy groups -OCH3 is 1. The number of hydrogen-bond acceptors (Lipinski definition) is 1. The molecule has 0 bridgehead atoms. The van der Waals surface area contributed by atoms with Gasteiger partial charge in [0.25, 0.3) is 0 Å². The van der Waals surface area contributed by atoms with Crippen molar-refractivity contribution in [2.45, 2.75) is 40.0 Å². The third-order valence-corrected chi connectivity index (χ3v) is 4.10. The lowest BCUT2D eigenvalue weighted by Gasteiger charge is -2.33. The van der Waals surface area contributed by atoms with Crippen LogP contribution in [0, 0.1) is 11.3 Å². The van der Waals surface area contributed by atoms with Gasteiger partial charge in [0.2, 0.25) is 0 Å². The van der Waals surface area contributed by atoms with Gasteiger partial charge in [0.1, 0.15) is 5.75 Å². The van der Waals surface area contributed by atoms with Crippen LogP contribution in [0.5, 0.6) is 5.75 Å². The van der Waals surface area contributed by atoms with Crippen molar-refractivity contribution < 1.29 is 4.74 Å². The Morgan fingerprint density at radius 3 is 2.22 bits per heavy atom. The van der Waals surface area contributed by atoms with E-state index in [9.17, 15) is 0 Å². The largest absolute Gasteiger partial charge is 0.497 e. The summed E-state index contributed by atoms with van der Waals surface area (Å²) in [5, 5.41) is 0. The van der Waals surface area contributed by atoms with Gasteiger partial charge in [0, 0.05) is 0 Å². The summed E-state index contributed by atoms with van der Waals surface area (Å²) < 4.78 is 5.20. The van der Waals surface area contributed by atoms with Crippen LogP contribution in [0.3, 0.4) is 0 Å². The molecule has 0 N–H and O–H groups in total. The Bertz CT molecular complexity index is 420. The minimum absolute atomic E-state index is 0.432. The minimum Gasteiger partial charge on any atom is -0.497 e. The van der Waals surface area contributed by atoms with Crippen LogP contribution in [0.2, 0.25) is 0 Å². The Labute approximate surface area is 111 Å². The molecule has 0 spiro atoms. The quantitative estimate of drug-likeness (QED) is 0.717. The van der Waals surface area contributed by atoms with Gasteiger partial charge in [0.15, 0.2) is 0 Å². The molecule has 1 atom stereocenters. The van der Waals surface area contributed by atoms with Crippen LogP contribution in [0.25, 0.3) is 5.57 Å². The van der Waals surface area contributed by atoms with E-state index in [1.807, 2.05) is 12.1 Å². The van der Waals surface area contributed by atoms with E-state index in [4.69, 9.17) is 4.74 Å². The summed E-state index contributed by atoms with van der Waals surface area (Å²) in [4.78, 5) is 0. The Hall–Kier alpha value is -1.24. The smallest absolute Gasteiger partial charge is 0.118 e. The van der Waals surface area contributed by atoms with Crippen molar-refractivity contribution >= 4 is 5.57 Å². The summed E-state index contributed by atoms with van der Waals surface area (Å²) in [7, 11) is 1.71. The van der Waals surface area contributed by atoms with Crippen LogP contribution < -0.4 is 4.74 Å². The second-order valence-corrected chi connectivity index (χ2v) is 6.30. The van der Waals surface area contributed by atoms with E-state index in [-0.39, 0.29) is 0 Å². The average Bonchev–Trinajstić information content (AvgIpc) is 2.38. The zero-order valence-electron chi connectivity index (χ0n) is 12.0. The maximum absolute atomic E-state index is 5.20. The van der Waals surface area contributed by atoms with Crippen molar-refractivity contribution in [2.24, 2.45) is 11.3 Å². The molecule has 1 aromatic rings. The van der Waals surface area contributed by atoms with Crippen molar-refractivity contribution in [2.75, 3.05) is 7.11 Å². The second kappa shape index (κ2) is 5.17. The summed E-state index contributed by atoms with van der Waals surface area (Å²) >= 11 is 0. The number of rotatable bonds is 2. The molecule has 1 aromatic carbocycles. The Morgan fingerprint density at radius 1 is 1.11 bits per heavy atom. The van der Waals surface area contributed by atoms with E-state index in [0.717, 1.165) is 11.7 Å². The van der Waals surface area contributed by atoms with Crippen LogP contribution in [-0.2, 0) is 0 Å². The lowest BCUT2D eigenvalue weighted by Crippen LogP contribution is -2.21. The molecule has 0 unspecified atom stereocenters. The fourth-order valence-electron chi connectivity index (χ4n) is 2.69.